The molecule has 0 fully saturated rings. The Morgan fingerprint density at radius 2 is 2.00 bits per heavy atom. The van der Waals surface area contributed by atoms with Gasteiger partial charge in [-0.3, -0.25) is 4.79 Å². The molecule has 0 bridgehead atoms. The van der Waals surface area contributed by atoms with Crippen LogP contribution < -0.4 is 10.6 Å². The van der Waals surface area contributed by atoms with Gasteiger partial charge in [-0.25, -0.2) is 4.39 Å². The number of carbonyl (C=O) groups excluding carboxylic acids is 1. The van der Waals surface area contributed by atoms with Crippen LogP contribution in [0.25, 0.3) is 0 Å². The Bertz CT molecular complexity index is 664. The first kappa shape index (κ1) is 14.8. The highest BCUT2D eigenvalue weighted by atomic mass is 79.9. The third-order valence-electron chi connectivity index (χ3n) is 2.67. The molecular weight excluding hydrogens is 347 g/mol. The molecule has 0 atom stereocenters. The van der Waals surface area contributed by atoms with Gasteiger partial charge in [0.2, 0.25) is 0 Å². The Morgan fingerprint density at radius 3 is 2.65 bits per heavy atom. The van der Waals surface area contributed by atoms with Crippen LogP contribution in [-0.2, 0) is 0 Å². The number of rotatable bonds is 3. The van der Waals surface area contributed by atoms with E-state index in [4.69, 9.17) is 11.6 Å². The lowest BCUT2D eigenvalue weighted by Gasteiger charge is -2.10. The van der Waals surface area contributed by atoms with Crippen molar-refractivity contribution >= 4 is 44.8 Å². The lowest BCUT2D eigenvalue weighted by molar-refractivity contribution is 0.102. The Labute approximate surface area is 129 Å². The van der Waals surface area contributed by atoms with Gasteiger partial charge in [0, 0.05) is 23.4 Å². The van der Waals surface area contributed by atoms with Crippen molar-refractivity contribution in [1.82, 2.24) is 0 Å². The Morgan fingerprint density at radius 1 is 1.25 bits per heavy atom. The van der Waals surface area contributed by atoms with Crippen LogP contribution in [0.3, 0.4) is 0 Å². The van der Waals surface area contributed by atoms with Crippen LogP contribution in [-0.4, -0.2) is 13.0 Å². The van der Waals surface area contributed by atoms with Crippen LogP contribution in [0.2, 0.25) is 5.02 Å². The summed E-state index contributed by atoms with van der Waals surface area (Å²) < 4.78 is 13.4. The summed E-state index contributed by atoms with van der Waals surface area (Å²) in [6.45, 7) is 0. The SMILES string of the molecule is CNc1ccc(Cl)cc1C(=O)Nc1ccc(F)c(Br)c1. The summed E-state index contributed by atoms with van der Waals surface area (Å²) in [4.78, 5) is 12.2. The minimum atomic E-state index is -0.387. The van der Waals surface area contributed by atoms with E-state index in [2.05, 4.69) is 26.6 Å². The van der Waals surface area contributed by atoms with E-state index in [1.807, 2.05) is 0 Å². The molecule has 2 aromatic carbocycles. The lowest BCUT2D eigenvalue weighted by Crippen LogP contribution is -2.14. The van der Waals surface area contributed by atoms with E-state index < -0.39 is 0 Å². The zero-order valence-corrected chi connectivity index (χ0v) is 12.8. The highest BCUT2D eigenvalue weighted by molar-refractivity contribution is 9.10. The number of nitrogens with one attached hydrogen (secondary N) is 2. The summed E-state index contributed by atoms with van der Waals surface area (Å²) in [6.07, 6.45) is 0. The first-order valence-corrected chi connectivity index (χ1v) is 6.92. The van der Waals surface area contributed by atoms with Crippen LogP contribution in [0.1, 0.15) is 10.4 Å². The topological polar surface area (TPSA) is 41.1 Å². The van der Waals surface area contributed by atoms with Crippen molar-refractivity contribution in [2.45, 2.75) is 0 Å². The molecule has 0 saturated carbocycles. The molecule has 0 aliphatic rings. The third-order valence-corrected chi connectivity index (χ3v) is 3.52. The van der Waals surface area contributed by atoms with Crippen molar-refractivity contribution in [2.75, 3.05) is 17.7 Å². The Kier molecular flexibility index (Phi) is 4.62. The zero-order chi connectivity index (χ0) is 14.7. The van der Waals surface area contributed by atoms with E-state index in [-0.39, 0.29) is 16.2 Å². The largest absolute Gasteiger partial charge is 0.387 e. The summed E-state index contributed by atoms with van der Waals surface area (Å²) in [7, 11) is 1.72. The fourth-order valence-electron chi connectivity index (χ4n) is 1.69. The molecule has 0 saturated heterocycles. The average molecular weight is 358 g/mol. The monoisotopic (exact) mass is 356 g/mol. The van der Waals surface area contributed by atoms with Gasteiger partial charge in [-0.1, -0.05) is 11.6 Å². The maximum atomic E-state index is 13.1. The van der Waals surface area contributed by atoms with Gasteiger partial charge in [-0.2, -0.15) is 0 Å². The zero-order valence-electron chi connectivity index (χ0n) is 10.5. The van der Waals surface area contributed by atoms with Gasteiger partial charge in [0.05, 0.1) is 10.0 Å². The maximum Gasteiger partial charge on any atom is 0.257 e. The van der Waals surface area contributed by atoms with E-state index in [0.29, 0.717) is 22.0 Å². The molecule has 0 aliphatic heterocycles. The van der Waals surface area contributed by atoms with E-state index in [9.17, 15) is 9.18 Å². The molecule has 104 valence electrons. The van der Waals surface area contributed by atoms with Crippen molar-refractivity contribution in [3.8, 4) is 0 Å². The molecule has 0 radical (unpaired) electrons. The standard InChI is InChI=1S/C14H11BrClFN2O/c1-18-13-5-2-8(16)6-10(13)14(20)19-9-3-4-12(17)11(15)7-9/h2-7,18H,1H3,(H,19,20). The third kappa shape index (κ3) is 3.29. The molecule has 20 heavy (non-hydrogen) atoms. The van der Waals surface area contributed by atoms with Gasteiger partial charge in [0.15, 0.2) is 0 Å². The fraction of sp³-hybridized carbons (Fsp3) is 0.0714. The average Bonchev–Trinajstić information content (AvgIpc) is 2.43. The summed E-state index contributed by atoms with van der Waals surface area (Å²) in [6, 6.07) is 9.24. The minimum Gasteiger partial charge on any atom is -0.387 e. The summed E-state index contributed by atoms with van der Waals surface area (Å²) in [5.41, 5.74) is 1.57. The molecule has 0 unspecified atom stereocenters. The number of anilines is 2. The summed E-state index contributed by atoms with van der Waals surface area (Å²) in [5.74, 6) is -0.711. The smallest absolute Gasteiger partial charge is 0.257 e. The van der Waals surface area contributed by atoms with Gasteiger partial charge < -0.3 is 10.6 Å². The first-order chi connectivity index (χ1) is 9.51. The van der Waals surface area contributed by atoms with Crippen molar-refractivity contribution in [3.63, 3.8) is 0 Å². The second-order valence-corrected chi connectivity index (χ2v) is 5.31. The van der Waals surface area contributed by atoms with Gasteiger partial charge in [0.1, 0.15) is 5.82 Å². The molecule has 2 N–H and O–H groups in total. The van der Waals surface area contributed by atoms with E-state index in [0.717, 1.165) is 0 Å². The van der Waals surface area contributed by atoms with Crippen molar-refractivity contribution in [1.29, 1.82) is 0 Å². The number of halogens is 3. The molecule has 0 spiro atoms. The van der Waals surface area contributed by atoms with E-state index >= 15 is 0 Å². The Hall–Kier alpha value is -1.59. The normalized spacial score (nSPS) is 10.2. The molecule has 0 heterocycles. The number of hydrogen-bond acceptors (Lipinski definition) is 2. The van der Waals surface area contributed by atoms with Crippen LogP contribution >= 0.6 is 27.5 Å². The second kappa shape index (κ2) is 6.24. The van der Waals surface area contributed by atoms with Gasteiger partial charge in [0.25, 0.3) is 5.91 Å². The van der Waals surface area contributed by atoms with Crippen LogP contribution in [0.5, 0.6) is 0 Å². The van der Waals surface area contributed by atoms with Crippen molar-refractivity contribution < 1.29 is 9.18 Å². The number of hydrogen-bond donors (Lipinski definition) is 2. The molecular formula is C14H11BrClFN2O. The first-order valence-electron chi connectivity index (χ1n) is 5.75. The highest BCUT2D eigenvalue weighted by Gasteiger charge is 2.12. The van der Waals surface area contributed by atoms with E-state index in [1.54, 1.807) is 25.2 Å². The van der Waals surface area contributed by atoms with Crippen molar-refractivity contribution in [2.24, 2.45) is 0 Å². The molecule has 3 nitrogen and oxygen atoms in total. The maximum absolute atomic E-state index is 13.1. The molecule has 0 aliphatic carbocycles. The van der Waals surface area contributed by atoms with Gasteiger partial charge in [-0.15, -0.1) is 0 Å². The predicted molar refractivity (Wildman–Crippen MR) is 83.1 cm³/mol. The summed E-state index contributed by atoms with van der Waals surface area (Å²) >= 11 is 8.97. The summed E-state index contributed by atoms with van der Waals surface area (Å²) in [5, 5.41) is 6.08. The number of carbonyl (C=O) groups is 1. The van der Waals surface area contributed by atoms with Crippen LogP contribution in [0.4, 0.5) is 15.8 Å². The highest BCUT2D eigenvalue weighted by Crippen LogP contribution is 2.23. The van der Waals surface area contributed by atoms with Crippen LogP contribution in [0, 0.1) is 5.82 Å². The molecule has 1 amide bonds. The molecule has 2 rings (SSSR count). The molecule has 2 aromatic rings. The molecule has 6 heteroatoms. The molecule has 0 aromatic heterocycles. The fourth-order valence-corrected chi connectivity index (χ4v) is 2.25. The predicted octanol–water partition coefficient (Wildman–Crippen LogP) is 4.54. The van der Waals surface area contributed by atoms with Crippen molar-refractivity contribution in [3.05, 3.63) is 57.3 Å². The van der Waals surface area contributed by atoms with Gasteiger partial charge in [-0.05, 0) is 52.3 Å². The lowest BCUT2D eigenvalue weighted by atomic mass is 10.1. The van der Waals surface area contributed by atoms with Crippen LogP contribution in [0.15, 0.2) is 40.9 Å². The van der Waals surface area contributed by atoms with E-state index in [1.165, 1.54) is 18.2 Å². The second-order valence-electron chi connectivity index (χ2n) is 4.02. The number of benzene rings is 2. The number of amides is 1. The Balaban J connectivity index is 2.27. The quantitative estimate of drug-likeness (QED) is 0.847. The minimum absolute atomic E-state index is 0.287. The van der Waals surface area contributed by atoms with Gasteiger partial charge >= 0.3 is 0 Å².